The standard InChI is InChI=1S/C16H18F2N2O3/c17-13-4-3-11(9-14(13)18)19-6-5-12(15(19)22)16(23)20(7-8-21)10-1-2-10/h3-4,9-10,12,21H,1-2,5-8H2. The van der Waals surface area contributed by atoms with E-state index in [0.717, 1.165) is 25.0 Å². The maximum absolute atomic E-state index is 13.3. The number of hydrogen-bond acceptors (Lipinski definition) is 3. The highest BCUT2D eigenvalue weighted by molar-refractivity contribution is 6.09. The molecule has 1 atom stereocenters. The van der Waals surface area contributed by atoms with Crippen LogP contribution >= 0.6 is 0 Å². The van der Waals surface area contributed by atoms with Gasteiger partial charge in [-0.25, -0.2) is 8.78 Å². The summed E-state index contributed by atoms with van der Waals surface area (Å²) in [4.78, 5) is 27.9. The molecule has 5 nitrogen and oxygen atoms in total. The molecular weight excluding hydrogens is 306 g/mol. The van der Waals surface area contributed by atoms with E-state index in [9.17, 15) is 18.4 Å². The first-order chi connectivity index (χ1) is 11.0. The molecule has 1 aliphatic carbocycles. The fourth-order valence-electron chi connectivity index (χ4n) is 2.99. The molecule has 2 aliphatic rings. The van der Waals surface area contributed by atoms with Gasteiger partial charge in [-0.3, -0.25) is 9.59 Å². The Kier molecular flexibility index (Phi) is 4.30. The average molecular weight is 324 g/mol. The smallest absolute Gasteiger partial charge is 0.239 e. The van der Waals surface area contributed by atoms with Crippen molar-refractivity contribution >= 4 is 17.5 Å². The van der Waals surface area contributed by atoms with Gasteiger partial charge in [0, 0.05) is 30.9 Å². The molecule has 0 aromatic heterocycles. The normalized spacial score (nSPS) is 20.9. The predicted octanol–water partition coefficient (Wildman–Crippen LogP) is 1.30. The Morgan fingerprint density at radius 1 is 1.26 bits per heavy atom. The van der Waals surface area contributed by atoms with E-state index >= 15 is 0 Å². The molecule has 2 fully saturated rings. The SMILES string of the molecule is O=C1C(C(=O)N(CCO)C2CC2)CCN1c1ccc(F)c(F)c1. The van der Waals surface area contributed by atoms with Gasteiger partial charge in [0.05, 0.1) is 6.61 Å². The van der Waals surface area contributed by atoms with Crippen molar-refractivity contribution in [1.29, 1.82) is 0 Å². The molecule has 1 aliphatic heterocycles. The molecule has 0 radical (unpaired) electrons. The highest BCUT2D eigenvalue weighted by atomic mass is 19.2. The van der Waals surface area contributed by atoms with Gasteiger partial charge in [-0.15, -0.1) is 0 Å². The van der Waals surface area contributed by atoms with Crippen LogP contribution in [0.25, 0.3) is 0 Å². The molecule has 3 rings (SSSR count). The third kappa shape index (κ3) is 3.06. The summed E-state index contributed by atoms with van der Waals surface area (Å²) in [6, 6.07) is 3.37. The second-order valence-corrected chi connectivity index (χ2v) is 5.92. The molecule has 23 heavy (non-hydrogen) atoms. The Hall–Kier alpha value is -2.02. The molecule has 1 N–H and O–H groups in total. The fourth-order valence-corrected chi connectivity index (χ4v) is 2.99. The number of carbonyl (C=O) groups excluding carboxylic acids is 2. The zero-order chi connectivity index (χ0) is 16.6. The van der Waals surface area contributed by atoms with Crippen molar-refractivity contribution < 1.29 is 23.5 Å². The van der Waals surface area contributed by atoms with Crippen LogP contribution in [0.1, 0.15) is 19.3 Å². The van der Waals surface area contributed by atoms with E-state index < -0.39 is 23.5 Å². The Labute approximate surface area is 132 Å². The highest BCUT2D eigenvalue weighted by Gasteiger charge is 2.43. The lowest BCUT2D eigenvalue weighted by Crippen LogP contribution is -2.42. The number of rotatable bonds is 5. The molecule has 1 heterocycles. The quantitative estimate of drug-likeness (QED) is 0.831. The lowest BCUT2D eigenvalue weighted by molar-refractivity contribution is -0.140. The van der Waals surface area contributed by atoms with Crippen molar-refractivity contribution in [1.82, 2.24) is 4.90 Å². The number of amides is 2. The lowest BCUT2D eigenvalue weighted by Gasteiger charge is -2.24. The Morgan fingerprint density at radius 2 is 2.00 bits per heavy atom. The minimum absolute atomic E-state index is 0.111. The molecular formula is C16H18F2N2O3. The largest absolute Gasteiger partial charge is 0.395 e. The summed E-state index contributed by atoms with van der Waals surface area (Å²) in [5.41, 5.74) is 0.254. The number of aliphatic hydroxyl groups excluding tert-OH is 1. The van der Waals surface area contributed by atoms with Crippen molar-refractivity contribution in [3.8, 4) is 0 Å². The molecule has 2 amide bonds. The van der Waals surface area contributed by atoms with Crippen LogP contribution in [0.2, 0.25) is 0 Å². The minimum Gasteiger partial charge on any atom is -0.395 e. The summed E-state index contributed by atoms with van der Waals surface area (Å²) >= 11 is 0. The summed E-state index contributed by atoms with van der Waals surface area (Å²) in [5.74, 6) is -3.49. The average Bonchev–Trinajstić information content (AvgIpc) is 3.29. The zero-order valence-corrected chi connectivity index (χ0v) is 12.5. The van der Waals surface area contributed by atoms with Crippen LogP contribution in [0.4, 0.5) is 14.5 Å². The van der Waals surface area contributed by atoms with E-state index in [1.165, 1.54) is 11.0 Å². The van der Waals surface area contributed by atoms with Crippen molar-refractivity contribution in [2.75, 3.05) is 24.6 Å². The van der Waals surface area contributed by atoms with Crippen LogP contribution in [-0.2, 0) is 9.59 Å². The molecule has 1 saturated carbocycles. The van der Waals surface area contributed by atoms with Gasteiger partial charge in [-0.1, -0.05) is 0 Å². The third-order valence-corrected chi connectivity index (χ3v) is 4.33. The predicted molar refractivity (Wildman–Crippen MR) is 78.6 cm³/mol. The molecule has 0 bridgehead atoms. The molecule has 1 saturated heterocycles. The summed E-state index contributed by atoms with van der Waals surface area (Å²) in [5, 5.41) is 9.09. The van der Waals surface area contributed by atoms with Crippen LogP contribution in [0.5, 0.6) is 0 Å². The molecule has 1 unspecified atom stereocenters. The van der Waals surface area contributed by atoms with Crippen LogP contribution in [0.3, 0.4) is 0 Å². The topological polar surface area (TPSA) is 60.9 Å². The number of anilines is 1. The van der Waals surface area contributed by atoms with Crippen LogP contribution in [0.15, 0.2) is 18.2 Å². The lowest BCUT2D eigenvalue weighted by atomic mass is 10.1. The van der Waals surface area contributed by atoms with Gasteiger partial charge in [0.25, 0.3) is 0 Å². The van der Waals surface area contributed by atoms with Gasteiger partial charge >= 0.3 is 0 Å². The monoisotopic (exact) mass is 324 g/mol. The fraction of sp³-hybridized carbons (Fsp3) is 0.500. The van der Waals surface area contributed by atoms with Gasteiger partial charge in [-0.2, -0.15) is 0 Å². The van der Waals surface area contributed by atoms with Crippen LogP contribution in [-0.4, -0.2) is 47.6 Å². The second-order valence-electron chi connectivity index (χ2n) is 5.92. The maximum atomic E-state index is 13.3. The number of carbonyl (C=O) groups is 2. The van der Waals surface area contributed by atoms with Gasteiger partial charge in [0.1, 0.15) is 5.92 Å². The Bertz CT molecular complexity index is 634. The van der Waals surface area contributed by atoms with E-state index in [1.54, 1.807) is 4.90 Å². The van der Waals surface area contributed by atoms with Crippen LogP contribution in [0, 0.1) is 17.6 Å². The molecule has 7 heteroatoms. The molecule has 1 aromatic rings. The number of hydrogen-bond donors (Lipinski definition) is 1. The number of nitrogens with zero attached hydrogens (tertiary/aromatic N) is 2. The molecule has 0 spiro atoms. The van der Waals surface area contributed by atoms with E-state index in [0.29, 0.717) is 6.42 Å². The molecule has 124 valence electrons. The van der Waals surface area contributed by atoms with Crippen molar-refractivity contribution in [2.45, 2.75) is 25.3 Å². The summed E-state index contributed by atoms with van der Waals surface area (Å²) in [6.07, 6.45) is 2.12. The van der Waals surface area contributed by atoms with E-state index in [4.69, 9.17) is 5.11 Å². The zero-order valence-electron chi connectivity index (χ0n) is 12.5. The molecule has 1 aromatic carbocycles. The van der Waals surface area contributed by atoms with Crippen molar-refractivity contribution in [2.24, 2.45) is 5.92 Å². The van der Waals surface area contributed by atoms with E-state index in [2.05, 4.69) is 0 Å². The number of benzene rings is 1. The first-order valence-electron chi connectivity index (χ1n) is 7.70. The Balaban J connectivity index is 1.75. The first kappa shape index (κ1) is 15.9. The first-order valence-corrected chi connectivity index (χ1v) is 7.70. The second kappa shape index (κ2) is 6.23. The summed E-state index contributed by atoms with van der Waals surface area (Å²) in [6.45, 7) is 0.367. The third-order valence-electron chi connectivity index (χ3n) is 4.33. The summed E-state index contributed by atoms with van der Waals surface area (Å²) in [7, 11) is 0. The van der Waals surface area contributed by atoms with Crippen molar-refractivity contribution in [3.05, 3.63) is 29.8 Å². The van der Waals surface area contributed by atoms with Crippen LogP contribution < -0.4 is 4.90 Å². The Morgan fingerprint density at radius 3 is 2.61 bits per heavy atom. The highest BCUT2D eigenvalue weighted by Crippen LogP contribution is 2.32. The van der Waals surface area contributed by atoms with E-state index in [1.807, 2.05) is 0 Å². The van der Waals surface area contributed by atoms with Gasteiger partial charge < -0.3 is 14.9 Å². The van der Waals surface area contributed by atoms with Gasteiger partial charge in [-0.05, 0) is 31.4 Å². The number of halogens is 2. The number of aliphatic hydroxyl groups is 1. The van der Waals surface area contributed by atoms with Crippen molar-refractivity contribution in [3.63, 3.8) is 0 Å². The summed E-state index contributed by atoms with van der Waals surface area (Å²) < 4.78 is 26.4. The van der Waals surface area contributed by atoms with Gasteiger partial charge in [0.2, 0.25) is 11.8 Å². The van der Waals surface area contributed by atoms with Gasteiger partial charge in [0.15, 0.2) is 11.6 Å². The minimum atomic E-state index is -1.02. The maximum Gasteiger partial charge on any atom is 0.239 e. The van der Waals surface area contributed by atoms with E-state index in [-0.39, 0.29) is 37.3 Å².